The minimum Gasteiger partial charge on any atom is -0.453 e. The molecule has 0 bridgehead atoms. The predicted octanol–water partition coefficient (Wildman–Crippen LogP) is 6.10. The van der Waals surface area contributed by atoms with Crippen LogP contribution in [0.1, 0.15) is 37.5 Å². The number of ether oxygens (including phenoxy) is 2. The average Bonchev–Trinajstić information content (AvgIpc) is 3.51. The van der Waals surface area contributed by atoms with Crippen LogP contribution in [0.2, 0.25) is 0 Å². The molecule has 10 nitrogen and oxygen atoms in total. The fourth-order valence-electron chi connectivity index (χ4n) is 7.30. The van der Waals surface area contributed by atoms with E-state index in [2.05, 4.69) is 80.9 Å². The highest BCUT2D eigenvalue weighted by atomic mass is 16.5. The number of likely N-dealkylation sites (tertiary alicyclic amines) is 1. The van der Waals surface area contributed by atoms with Gasteiger partial charge in [0, 0.05) is 24.8 Å². The van der Waals surface area contributed by atoms with Crippen LogP contribution >= 0.6 is 0 Å². The molecule has 234 valence electrons. The fourth-order valence-corrected chi connectivity index (χ4v) is 7.30. The quantitative estimate of drug-likeness (QED) is 0.203. The molecule has 0 unspecified atom stereocenters. The highest BCUT2D eigenvalue weighted by Gasteiger charge is 2.56. The lowest BCUT2D eigenvalue weighted by atomic mass is 9.90. The number of aromatic nitrogens is 4. The second-order valence-corrected chi connectivity index (χ2v) is 12.6. The lowest BCUT2D eigenvalue weighted by molar-refractivity contribution is -0.138. The molecule has 0 spiro atoms. The van der Waals surface area contributed by atoms with Gasteiger partial charge in [0.15, 0.2) is 0 Å². The van der Waals surface area contributed by atoms with Crippen molar-refractivity contribution in [2.75, 3.05) is 20.3 Å². The molecule has 3 N–H and O–H groups in total. The molecule has 3 fully saturated rings. The molecular weight excluding hydrogens is 580 g/mol. The van der Waals surface area contributed by atoms with Crippen LogP contribution in [0.5, 0.6) is 0 Å². The molecule has 8 rings (SSSR count). The number of methoxy groups -OCH3 is 1. The van der Waals surface area contributed by atoms with Crippen molar-refractivity contribution in [1.29, 1.82) is 0 Å². The number of H-pyrrole nitrogens is 2. The number of piperidine rings is 1. The van der Waals surface area contributed by atoms with E-state index < -0.39 is 12.1 Å². The number of aromatic amines is 2. The average molecular weight is 617 g/mol. The van der Waals surface area contributed by atoms with Crippen LogP contribution in [0.3, 0.4) is 0 Å². The first-order valence-electron chi connectivity index (χ1n) is 16.0. The molecule has 3 aromatic carbocycles. The Morgan fingerprint density at radius 3 is 2.37 bits per heavy atom. The SMILES string of the molecule is COC(=O)N[C@H](C(=O)N1[C@@H]2C[C@@H]2C[C@H]1c1ncc(-c2ccc3cc(-c4ccc(-c5cnc[nH]5)cc4)ccc3c2)[nH]1)C1CCOCC1. The topological polar surface area (TPSA) is 125 Å². The third kappa shape index (κ3) is 5.32. The maximum atomic E-state index is 14.1. The van der Waals surface area contributed by atoms with Gasteiger partial charge in [0.2, 0.25) is 5.91 Å². The second kappa shape index (κ2) is 11.8. The van der Waals surface area contributed by atoms with Gasteiger partial charge in [-0.25, -0.2) is 14.8 Å². The smallest absolute Gasteiger partial charge is 0.407 e. The summed E-state index contributed by atoms with van der Waals surface area (Å²) in [6, 6.07) is 20.8. The number of hydrogen-bond acceptors (Lipinski definition) is 6. The Kier molecular flexibility index (Phi) is 7.29. The van der Waals surface area contributed by atoms with Crippen LogP contribution in [0.4, 0.5) is 4.79 Å². The molecule has 10 heteroatoms. The van der Waals surface area contributed by atoms with Crippen molar-refractivity contribution in [3.8, 4) is 33.6 Å². The van der Waals surface area contributed by atoms with E-state index in [4.69, 9.17) is 14.5 Å². The molecule has 2 aliphatic heterocycles. The van der Waals surface area contributed by atoms with Gasteiger partial charge in [0.25, 0.3) is 0 Å². The first kappa shape index (κ1) is 28.5. The Morgan fingerprint density at radius 2 is 1.63 bits per heavy atom. The number of fused-ring (bicyclic) bond motifs is 2. The van der Waals surface area contributed by atoms with Crippen LogP contribution in [-0.4, -0.2) is 69.2 Å². The molecule has 46 heavy (non-hydrogen) atoms. The van der Waals surface area contributed by atoms with E-state index in [9.17, 15) is 9.59 Å². The number of amides is 2. The summed E-state index contributed by atoms with van der Waals surface area (Å²) in [5, 5.41) is 5.15. The Balaban J connectivity index is 1.02. The highest BCUT2D eigenvalue weighted by Crippen LogP contribution is 2.53. The van der Waals surface area contributed by atoms with Crippen molar-refractivity contribution in [3.05, 3.63) is 85.2 Å². The van der Waals surface area contributed by atoms with Crippen LogP contribution < -0.4 is 5.32 Å². The molecular formula is C36H36N6O4. The normalized spacial score (nSPS) is 21.6. The van der Waals surface area contributed by atoms with Gasteiger partial charge < -0.3 is 29.7 Å². The number of carbonyl (C=O) groups excluding carboxylic acids is 2. The van der Waals surface area contributed by atoms with E-state index in [-0.39, 0.29) is 23.9 Å². The third-order valence-electron chi connectivity index (χ3n) is 9.91. The molecule has 4 heterocycles. The van der Waals surface area contributed by atoms with Gasteiger partial charge in [-0.05, 0) is 77.1 Å². The molecule has 2 aromatic heterocycles. The Labute approximate surface area is 266 Å². The summed E-state index contributed by atoms with van der Waals surface area (Å²) in [5.74, 6) is 1.20. The number of hydrogen-bond donors (Lipinski definition) is 3. The minimum atomic E-state index is -0.646. The van der Waals surface area contributed by atoms with E-state index in [1.165, 1.54) is 7.11 Å². The zero-order valence-corrected chi connectivity index (χ0v) is 25.6. The number of rotatable bonds is 7. The van der Waals surface area contributed by atoms with Crippen LogP contribution in [0, 0.1) is 11.8 Å². The summed E-state index contributed by atoms with van der Waals surface area (Å²) in [5.41, 5.74) is 6.36. The van der Waals surface area contributed by atoms with Gasteiger partial charge in [-0.3, -0.25) is 4.79 Å². The summed E-state index contributed by atoms with van der Waals surface area (Å²) in [7, 11) is 1.33. The molecule has 0 radical (unpaired) electrons. The van der Waals surface area contributed by atoms with E-state index in [0.29, 0.717) is 19.1 Å². The van der Waals surface area contributed by atoms with Crippen LogP contribution in [-0.2, 0) is 14.3 Å². The molecule has 2 amide bonds. The van der Waals surface area contributed by atoms with Gasteiger partial charge in [0.05, 0.1) is 43.3 Å². The van der Waals surface area contributed by atoms with Crippen molar-refractivity contribution < 1.29 is 19.1 Å². The van der Waals surface area contributed by atoms with Crippen molar-refractivity contribution in [3.63, 3.8) is 0 Å². The Hall–Kier alpha value is -4.96. The monoisotopic (exact) mass is 616 g/mol. The van der Waals surface area contributed by atoms with Crippen molar-refractivity contribution >= 4 is 22.8 Å². The van der Waals surface area contributed by atoms with Gasteiger partial charge in [-0.1, -0.05) is 48.5 Å². The number of benzene rings is 3. The van der Waals surface area contributed by atoms with Gasteiger partial charge in [0.1, 0.15) is 11.9 Å². The molecule has 2 saturated heterocycles. The zero-order valence-electron chi connectivity index (χ0n) is 25.6. The van der Waals surface area contributed by atoms with E-state index in [1.807, 2.05) is 17.3 Å². The minimum absolute atomic E-state index is 0.00502. The maximum absolute atomic E-state index is 14.1. The van der Waals surface area contributed by atoms with Gasteiger partial charge in [-0.15, -0.1) is 0 Å². The largest absolute Gasteiger partial charge is 0.453 e. The standard InChI is InChI=1S/C36H36N6O4/c1-45-36(44)41-33(23-10-12-46-13-11-23)35(43)42-31-16-28(31)17-32(42)34-38-19-30(40-34)27-9-8-25-14-24(6-7-26(25)15-27)21-2-4-22(5-3-21)29-18-37-20-39-29/h2-9,14-15,18-20,23,28,31-33H,10-13,16-17H2,1H3,(H,37,39)(H,38,40)(H,41,44)/t28-,31-,32+,33+/m1/s1. The predicted molar refractivity (Wildman–Crippen MR) is 174 cm³/mol. The molecule has 4 atom stereocenters. The summed E-state index contributed by atoms with van der Waals surface area (Å²) < 4.78 is 10.4. The van der Waals surface area contributed by atoms with E-state index in [0.717, 1.165) is 75.9 Å². The number of carbonyl (C=O) groups is 2. The number of imidazole rings is 2. The molecule has 3 aliphatic rings. The first-order chi connectivity index (χ1) is 22.6. The van der Waals surface area contributed by atoms with Crippen LogP contribution in [0.25, 0.3) is 44.4 Å². The van der Waals surface area contributed by atoms with Crippen LogP contribution in [0.15, 0.2) is 79.4 Å². The van der Waals surface area contributed by atoms with Crippen molar-refractivity contribution in [1.82, 2.24) is 30.2 Å². The third-order valence-corrected chi connectivity index (χ3v) is 9.91. The van der Waals surface area contributed by atoms with E-state index >= 15 is 0 Å². The second-order valence-electron chi connectivity index (χ2n) is 12.6. The number of nitrogens with zero attached hydrogens (tertiary/aromatic N) is 3. The molecule has 5 aromatic rings. The van der Waals surface area contributed by atoms with Gasteiger partial charge >= 0.3 is 6.09 Å². The highest BCUT2D eigenvalue weighted by molar-refractivity contribution is 5.91. The van der Waals surface area contributed by atoms with E-state index in [1.54, 1.807) is 6.33 Å². The number of nitrogens with one attached hydrogen (secondary N) is 3. The lowest BCUT2D eigenvalue weighted by Gasteiger charge is -2.35. The number of alkyl carbamates (subject to hydrolysis) is 1. The zero-order chi connectivity index (χ0) is 31.2. The maximum Gasteiger partial charge on any atom is 0.407 e. The molecule has 1 saturated carbocycles. The lowest BCUT2D eigenvalue weighted by Crippen LogP contribution is -2.54. The summed E-state index contributed by atoms with van der Waals surface area (Å²) in [4.78, 5) is 43.9. The summed E-state index contributed by atoms with van der Waals surface area (Å²) in [6.07, 6.45) is 8.10. The summed E-state index contributed by atoms with van der Waals surface area (Å²) >= 11 is 0. The molecule has 1 aliphatic carbocycles. The Morgan fingerprint density at radius 1 is 0.913 bits per heavy atom. The summed E-state index contributed by atoms with van der Waals surface area (Å²) in [6.45, 7) is 1.17. The van der Waals surface area contributed by atoms with Crippen molar-refractivity contribution in [2.24, 2.45) is 11.8 Å². The fraction of sp³-hybridized carbons (Fsp3) is 0.333. The van der Waals surface area contributed by atoms with Crippen molar-refractivity contribution in [2.45, 2.75) is 43.8 Å². The first-order valence-corrected chi connectivity index (χ1v) is 16.0. The van der Waals surface area contributed by atoms with Gasteiger partial charge in [-0.2, -0.15) is 0 Å². The Bertz CT molecular complexity index is 1880.